The number of amides is 1. The van der Waals surface area contributed by atoms with Gasteiger partial charge < -0.3 is 10.1 Å². The molecule has 0 aliphatic carbocycles. The maximum absolute atomic E-state index is 13.5. The quantitative estimate of drug-likeness (QED) is 0.661. The van der Waals surface area contributed by atoms with Crippen LogP contribution in [-0.2, 0) is 14.3 Å². The summed E-state index contributed by atoms with van der Waals surface area (Å²) in [4.78, 5) is 27.8. The fourth-order valence-corrected chi connectivity index (χ4v) is 3.35. The fraction of sp³-hybridized carbons (Fsp3) is 0.143. The number of thioether (sulfide) groups is 1. The number of carbonyl (C=O) groups excluding carboxylic acids is 2. The second-order valence-electron chi connectivity index (χ2n) is 4.51. The molecule has 1 atom stereocenters. The fourth-order valence-electron chi connectivity index (χ4n) is 2.18. The average molecular weight is 336 g/mol. The lowest BCUT2D eigenvalue weighted by Crippen LogP contribution is -2.24. The van der Waals surface area contributed by atoms with E-state index in [1.807, 2.05) is 0 Å². The Kier molecular flexibility index (Phi) is 3.79. The highest BCUT2D eigenvalue weighted by Gasteiger charge is 2.33. The summed E-state index contributed by atoms with van der Waals surface area (Å²) in [5, 5.41) is 1.92. The lowest BCUT2D eigenvalue weighted by atomic mass is 10.0. The first-order valence-corrected chi connectivity index (χ1v) is 7.49. The van der Waals surface area contributed by atoms with E-state index < -0.39 is 17.0 Å². The number of aliphatic imine (C=N–C) groups is 1. The minimum Gasteiger partial charge on any atom is -0.464 e. The van der Waals surface area contributed by atoms with Crippen LogP contribution in [0.15, 0.2) is 29.3 Å². The molecule has 3 rings (SSSR count). The summed E-state index contributed by atoms with van der Waals surface area (Å²) < 4.78 is 18.6. The summed E-state index contributed by atoms with van der Waals surface area (Å²) in [6.45, 7) is 0. The van der Waals surface area contributed by atoms with Crippen LogP contribution < -0.4 is 5.32 Å². The third-order valence-corrected chi connectivity index (χ3v) is 4.46. The summed E-state index contributed by atoms with van der Waals surface area (Å²) in [7, 11) is 1.23. The lowest BCUT2D eigenvalue weighted by Gasteiger charge is -2.06. The van der Waals surface area contributed by atoms with Crippen molar-refractivity contribution in [3.63, 3.8) is 0 Å². The molecule has 2 heterocycles. The molecule has 1 saturated heterocycles. The van der Waals surface area contributed by atoms with Crippen molar-refractivity contribution in [1.29, 1.82) is 0 Å². The average Bonchev–Trinajstić information content (AvgIpc) is 2.99. The predicted octanol–water partition coefficient (Wildman–Crippen LogP) is 1.98. The largest absolute Gasteiger partial charge is 0.464 e. The Hall–Kier alpha value is -2.06. The number of nitrogens with one attached hydrogen (secondary N) is 1. The highest BCUT2D eigenvalue weighted by molar-refractivity contribution is 8.24. The van der Waals surface area contributed by atoms with Crippen LogP contribution in [0.3, 0.4) is 0 Å². The number of fused-ring (bicyclic) bond motifs is 1. The van der Waals surface area contributed by atoms with E-state index in [-0.39, 0.29) is 11.6 Å². The highest BCUT2D eigenvalue weighted by Crippen LogP contribution is 2.37. The second kappa shape index (κ2) is 5.62. The van der Waals surface area contributed by atoms with Gasteiger partial charge in [0.05, 0.1) is 12.8 Å². The number of thiocarbonyl (C=S) groups is 1. The molecular formula is C14H9FN2O3S2. The molecule has 2 aliphatic rings. The zero-order chi connectivity index (χ0) is 15.9. The van der Waals surface area contributed by atoms with E-state index in [0.29, 0.717) is 21.1 Å². The monoisotopic (exact) mass is 336 g/mol. The first kappa shape index (κ1) is 14.9. The Balaban J connectivity index is 2.08. The van der Waals surface area contributed by atoms with E-state index in [4.69, 9.17) is 17.0 Å². The van der Waals surface area contributed by atoms with Crippen molar-refractivity contribution in [1.82, 2.24) is 5.32 Å². The van der Waals surface area contributed by atoms with Gasteiger partial charge in [0.2, 0.25) is 5.91 Å². The van der Waals surface area contributed by atoms with Gasteiger partial charge in [-0.05, 0) is 18.2 Å². The van der Waals surface area contributed by atoms with Gasteiger partial charge in [-0.25, -0.2) is 14.2 Å². The third-order valence-electron chi connectivity index (χ3n) is 3.15. The van der Waals surface area contributed by atoms with Gasteiger partial charge >= 0.3 is 5.97 Å². The zero-order valence-corrected chi connectivity index (χ0v) is 12.9. The number of halogens is 1. The molecule has 1 aromatic carbocycles. The van der Waals surface area contributed by atoms with E-state index >= 15 is 0 Å². The molecule has 0 spiro atoms. The van der Waals surface area contributed by atoms with E-state index in [9.17, 15) is 14.0 Å². The van der Waals surface area contributed by atoms with Crippen molar-refractivity contribution in [2.45, 2.75) is 5.25 Å². The normalized spacial score (nSPS) is 21.6. The summed E-state index contributed by atoms with van der Waals surface area (Å²) >= 11 is 6.09. The first-order valence-electron chi connectivity index (χ1n) is 6.20. The third kappa shape index (κ3) is 2.55. The van der Waals surface area contributed by atoms with Gasteiger partial charge in [0, 0.05) is 11.1 Å². The number of rotatable bonds is 2. The van der Waals surface area contributed by atoms with Gasteiger partial charge in [0.25, 0.3) is 0 Å². The Bertz CT molecular complexity index is 773. The molecule has 1 N–H and O–H groups in total. The van der Waals surface area contributed by atoms with E-state index in [2.05, 4.69) is 10.3 Å². The molecule has 0 radical (unpaired) electrons. The Morgan fingerprint density at radius 3 is 2.95 bits per heavy atom. The minimum atomic E-state index is -0.645. The van der Waals surface area contributed by atoms with Gasteiger partial charge in [-0.15, -0.1) is 0 Å². The highest BCUT2D eigenvalue weighted by atomic mass is 32.2. The molecule has 5 nitrogen and oxygen atoms in total. The number of hydrogen-bond donors (Lipinski definition) is 1. The topological polar surface area (TPSA) is 67.8 Å². The number of esters is 1. The van der Waals surface area contributed by atoms with Gasteiger partial charge in [0.1, 0.15) is 15.4 Å². The van der Waals surface area contributed by atoms with Crippen LogP contribution in [-0.4, -0.2) is 34.3 Å². The number of benzene rings is 1. The van der Waals surface area contributed by atoms with Gasteiger partial charge in [-0.3, -0.25) is 4.79 Å². The second-order valence-corrected chi connectivity index (χ2v) is 6.33. The summed E-state index contributed by atoms with van der Waals surface area (Å²) in [6.07, 6.45) is 1.56. The molecule has 1 unspecified atom stereocenters. The van der Waals surface area contributed by atoms with Gasteiger partial charge in [-0.1, -0.05) is 30.1 Å². The number of hydrogen-bond acceptors (Lipinski definition) is 6. The Morgan fingerprint density at radius 2 is 2.32 bits per heavy atom. The maximum atomic E-state index is 13.5. The molecule has 112 valence electrons. The van der Waals surface area contributed by atoms with Crippen LogP contribution in [0.5, 0.6) is 0 Å². The standard InChI is InChI=1S/C14H9FN2O3S2/c1-20-13(19)11-8(5-10-12(18)17-14(21)22-10)7-4-6(15)2-3-9(7)16-11/h2-5,10H,1H3,(H,17,18,21). The van der Waals surface area contributed by atoms with Crippen molar-refractivity contribution in [2.75, 3.05) is 7.11 Å². The van der Waals surface area contributed by atoms with Crippen LogP contribution in [0.1, 0.15) is 5.56 Å². The molecule has 2 aliphatic heterocycles. The van der Waals surface area contributed by atoms with E-state index in [1.165, 1.54) is 25.3 Å². The summed E-state index contributed by atoms with van der Waals surface area (Å²) in [5.74, 6) is -1.38. The van der Waals surface area contributed by atoms with Crippen molar-refractivity contribution in [3.8, 4) is 0 Å². The molecule has 1 amide bonds. The van der Waals surface area contributed by atoms with Crippen LogP contribution in [0.4, 0.5) is 10.1 Å². The van der Waals surface area contributed by atoms with Crippen molar-refractivity contribution < 1.29 is 18.7 Å². The Morgan fingerprint density at radius 1 is 1.55 bits per heavy atom. The minimum absolute atomic E-state index is 0.0503. The molecule has 1 fully saturated rings. The summed E-state index contributed by atoms with van der Waals surface area (Å²) in [5.41, 5.74) is 1.33. The number of methoxy groups -OCH3 is 1. The number of ether oxygens (including phenoxy) is 1. The molecule has 1 aromatic rings. The lowest BCUT2D eigenvalue weighted by molar-refractivity contribution is -0.132. The van der Waals surface area contributed by atoms with Crippen molar-refractivity contribution in [2.24, 2.45) is 4.99 Å². The van der Waals surface area contributed by atoms with Crippen LogP contribution in [0, 0.1) is 5.82 Å². The van der Waals surface area contributed by atoms with E-state index in [0.717, 1.165) is 11.8 Å². The SMILES string of the molecule is COC(=O)C1=Nc2ccc(F)cc2C1=CC1SC(=S)NC1=O. The Labute approximate surface area is 134 Å². The predicted molar refractivity (Wildman–Crippen MR) is 85.6 cm³/mol. The molecule has 0 bridgehead atoms. The molecule has 0 aromatic heterocycles. The van der Waals surface area contributed by atoms with Crippen molar-refractivity contribution in [3.05, 3.63) is 35.7 Å². The maximum Gasteiger partial charge on any atom is 0.357 e. The van der Waals surface area contributed by atoms with E-state index in [1.54, 1.807) is 6.08 Å². The zero-order valence-electron chi connectivity index (χ0n) is 11.3. The van der Waals surface area contributed by atoms with Crippen molar-refractivity contribution >= 4 is 57.1 Å². The summed E-state index contributed by atoms with van der Waals surface area (Å²) in [6, 6.07) is 4.00. The van der Waals surface area contributed by atoms with Gasteiger partial charge in [0.15, 0.2) is 5.71 Å². The molecule has 0 saturated carbocycles. The van der Waals surface area contributed by atoms with Crippen LogP contribution in [0.25, 0.3) is 5.57 Å². The first-order chi connectivity index (χ1) is 10.5. The van der Waals surface area contributed by atoms with Crippen LogP contribution in [0.2, 0.25) is 0 Å². The number of carbonyl (C=O) groups is 2. The number of nitrogens with zero attached hydrogens (tertiary/aromatic N) is 1. The smallest absolute Gasteiger partial charge is 0.357 e. The van der Waals surface area contributed by atoms with Crippen LogP contribution >= 0.6 is 24.0 Å². The molecule has 22 heavy (non-hydrogen) atoms. The molecule has 8 heteroatoms. The molecular weight excluding hydrogens is 327 g/mol. The van der Waals surface area contributed by atoms with Gasteiger partial charge in [-0.2, -0.15) is 0 Å².